The first kappa shape index (κ1) is 17.5. The summed E-state index contributed by atoms with van der Waals surface area (Å²) in [5, 5.41) is 5.00. The Balaban J connectivity index is 1.68. The maximum atomic E-state index is 13.6. The molecule has 0 bridgehead atoms. The molecule has 26 heavy (non-hydrogen) atoms. The van der Waals surface area contributed by atoms with Crippen LogP contribution in [0.5, 0.6) is 0 Å². The topological polar surface area (TPSA) is 54.0 Å². The van der Waals surface area contributed by atoms with Gasteiger partial charge in [-0.3, -0.25) is 5.32 Å². The molecule has 0 fully saturated rings. The van der Waals surface area contributed by atoms with Gasteiger partial charge in [-0.05, 0) is 36.8 Å². The van der Waals surface area contributed by atoms with Crippen LogP contribution >= 0.6 is 0 Å². The number of pyridine rings is 1. The molecule has 0 spiro atoms. The molecule has 4 nitrogen and oxygen atoms in total. The second kappa shape index (κ2) is 7.74. The molecule has 1 aromatic heterocycles. The maximum absolute atomic E-state index is 13.6. The fourth-order valence-electron chi connectivity index (χ4n) is 2.55. The molecule has 0 aliphatic rings. The number of hydrogen-bond acceptors (Lipinski definition) is 2. The van der Waals surface area contributed by atoms with Crippen molar-refractivity contribution in [2.75, 3.05) is 5.32 Å². The van der Waals surface area contributed by atoms with E-state index in [-0.39, 0.29) is 12.1 Å². The highest BCUT2D eigenvalue weighted by atomic mass is 19.1. The number of amides is 2. The summed E-state index contributed by atoms with van der Waals surface area (Å²) in [4.78, 5) is 16.4. The minimum absolute atomic E-state index is 0.190. The Labute approximate surface area is 149 Å². The van der Waals surface area contributed by atoms with Gasteiger partial charge < -0.3 is 5.32 Å². The van der Waals surface area contributed by atoms with E-state index in [1.807, 2.05) is 37.3 Å². The number of anilines is 1. The van der Waals surface area contributed by atoms with Gasteiger partial charge in [0, 0.05) is 11.1 Å². The summed E-state index contributed by atoms with van der Waals surface area (Å²) in [5.74, 6) is -1.06. The Kier molecular flexibility index (Phi) is 5.22. The molecular weight excluding hydrogens is 336 g/mol. The van der Waals surface area contributed by atoms with Crippen LogP contribution < -0.4 is 10.6 Å². The first-order valence-electron chi connectivity index (χ1n) is 8.05. The zero-order chi connectivity index (χ0) is 18.5. The number of nitrogens with zero attached hydrogens (tertiary/aromatic N) is 1. The Bertz CT molecular complexity index is 924. The summed E-state index contributed by atoms with van der Waals surface area (Å²) >= 11 is 0. The van der Waals surface area contributed by atoms with E-state index in [1.165, 1.54) is 6.07 Å². The highest BCUT2D eigenvalue weighted by molar-refractivity contribution is 5.88. The quantitative estimate of drug-likeness (QED) is 0.717. The molecule has 0 aliphatic heterocycles. The summed E-state index contributed by atoms with van der Waals surface area (Å²) in [5.41, 5.74) is 2.56. The van der Waals surface area contributed by atoms with Gasteiger partial charge in [0.15, 0.2) is 0 Å². The molecule has 3 aromatic rings. The molecule has 0 aliphatic carbocycles. The summed E-state index contributed by atoms with van der Waals surface area (Å²) < 4.78 is 27.2. The Morgan fingerprint density at radius 1 is 0.962 bits per heavy atom. The lowest BCUT2D eigenvalue weighted by Crippen LogP contribution is -2.29. The highest BCUT2D eigenvalue weighted by Gasteiger charge is 2.11. The summed E-state index contributed by atoms with van der Waals surface area (Å²) in [7, 11) is 0. The summed E-state index contributed by atoms with van der Waals surface area (Å²) in [6, 6.07) is 16.0. The number of hydrogen-bond donors (Lipinski definition) is 2. The number of rotatable bonds is 4. The van der Waals surface area contributed by atoms with Crippen LogP contribution in [0, 0.1) is 18.6 Å². The van der Waals surface area contributed by atoms with E-state index >= 15 is 0 Å². The van der Waals surface area contributed by atoms with Gasteiger partial charge in [0.25, 0.3) is 0 Å². The zero-order valence-corrected chi connectivity index (χ0v) is 14.1. The van der Waals surface area contributed by atoms with E-state index in [0.29, 0.717) is 5.82 Å². The average molecular weight is 353 g/mol. The smallest absolute Gasteiger partial charge is 0.320 e. The Morgan fingerprint density at radius 2 is 1.65 bits per heavy atom. The van der Waals surface area contributed by atoms with Crippen LogP contribution in [0.3, 0.4) is 0 Å². The minimum Gasteiger partial charge on any atom is -0.334 e. The third kappa shape index (κ3) is 4.03. The van der Waals surface area contributed by atoms with Gasteiger partial charge in [0.05, 0.1) is 12.2 Å². The van der Waals surface area contributed by atoms with Gasteiger partial charge in [-0.15, -0.1) is 0 Å². The lowest BCUT2D eigenvalue weighted by molar-refractivity contribution is 0.251. The van der Waals surface area contributed by atoms with Crippen molar-refractivity contribution in [2.24, 2.45) is 0 Å². The van der Waals surface area contributed by atoms with Crippen molar-refractivity contribution in [1.29, 1.82) is 0 Å². The van der Waals surface area contributed by atoms with E-state index in [2.05, 4.69) is 15.6 Å². The van der Waals surface area contributed by atoms with Gasteiger partial charge in [0.1, 0.15) is 17.5 Å². The van der Waals surface area contributed by atoms with Crippen molar-refractivity contribution < 1.29 is 13.6 Å². The molecule has 2 amide bonds. The molecule has 0 saturated carbocycles. The normalized spacial score (nSPS) is 10.4. The lowest BCUT2D eigenvalue weighted by atomic mass is 10.1. The fourth-order valence-corrected chi connectivity index (χ4v) is 2.55. The molecule has 6 heteroatoms. The highest BCUT2D eigenvalue weighted by Crippen LogP contribution is 2.22. The summed E-state index contributed by atoms with van der Waals surface area (Å²) in [6.45, 7) is 1.72. The van der Waals surface area contributed by atoms with Gasteiger partial charge >= 0.3 is 6.03 Å². The average Bonchev–Trinajstić information content (AvgIpc) is 2.62. The largest absolute Gasteiger partial charge is 0.334 e. The van der Waals surface area contributed by atoms with Crippen LogP contribution in [0.1, 0.15) is 11.1 Å². The van der Waals surface area contributed by atoms with E-state index in [1.54, 1.807) is 12.1 Å². The molecular formula is C20H17F2N3O. The number of aryl methyl sites for hydroxylation is 1. The van der Waals surface area contributed by atoms with Crippen LogP contribution in [-0.2, 0) is 6.54 Å². The maximum Gasteiger partial charge on any atom is 0.320 e. The minimum atomic E-state index is -0.704. The molecule has 3 rings (SSSR count). The van der Waals surface area contributed by atoms with E-state index in [0.717, 1.165) is 29.0 Å². The predicted octanol–water partition coefficient (Wildman–Crippen LogP) is 4.66. The lowest BCUT2D eigenvalue weighted by Gasteiger charge is -2.10. The van der Waals surface area contributed by atoms with Gasteiger partial charge in [-0.1, -0.05) is 36.4 Å². The zero-order valence-electron chi connectivity index (χ0n) is 14.1. The monoisotopic (exact) mass is 353 g/mol. The van der Waals surface area contributed by atoms with Gasteiger partial charge in [0.2, 0.25) is 0 Å². The molecule has 2 aromatic carbocycles. The van der Waals surface area contributed by atoms with Crippen molar-refractivity contribution in [3.8, 4) is 11.3 Å². The van der Waals surface area contributed by atoms with Crippen molar-refractivity contribution >= 4 is 11.8 Å². The predicted molar refractivity (Wildman–Crippen MR) is 96.6 cm³/mol. The summed E-state index contributed by atoms with van der Waals surface area (Å²) in [6.07, 6.45) is 0. The van der Waals surface area contributed by atoms with E-state index < -0.39 is 17.7 Å². The Morgan fingerprint density at radius 3 is 2.38 bits per heavy atom. The number of nitrogens with one attached hydrogen (secondary N) is 2. The third-order valence-corrected chi connectivity index (χ3v) is 3.90. The van der Waals surface area contributed by atoms with Crippen LogP contribution in [0.2, 0.25) is 0 Å². The molecule has 0 radical (unpaired) electrons. The third-order valence-electron chi connectivity index (χ3n) is 3.90. The Hall–Kier alpha value is -3.28. The van der Waals surface area contributed by atoms with Crippen LogP contribution in [0.15, 0.2) is 60.7 Å². The van der Waals surface area contributed by atoms with Crippen LogP contribution in [0.25, 0.3) is 11.3 Å². The van der Waals surface area contributed by atoms with Crippen molar-refractivity contribution in [1.82, 2.24) is 10.3 Å². The molecule has 132 valence electrons. The second-order valence-electron chi connectivity index (χ2n) is 5.73. The fraction of sp³-hybridized carbons (Fsp3) is 0.100. The van der Waals surface area contributed by atoms with Crippen LogP contribution in [0.4, 0.5) is 19.4 Å². The van der Waals surface area contributed by atoms with Crippen molar-refractivity contribution in [3.63, 3.8) is 0 Å². The molecule has 1 heterocycles. The number of carbonyl (C=O) groups is 1. The van der Waals surface area contributed by atoms with Crippen molar-refractivity contribution in [3.05, 3.63) is 83.4 Å². The second-order valence-corrected chi connectivity index (χ2v) is 5.73. The molecule has 2 N–H and O–H groups in total. The molecule has 0 atom stereocenters. The van der Waals surface area contributed by atoms with Crippen LogP contribution in [-0.4, -0.2) is 11.0 Å². The van der Waals surface area contributed by atoms with E-state index in [9.17, 15) is 13.6 Å². The number of urea groups is 1. The molecule has 0 unspecified atom stereocenters. The van der Waals surface area contributed by atoms with Gasteiger partial charge in [-0.25, -0.2) is 18.6 Å². The molecule has 0 saturated heterocycles. The van der Waals surface area contributed by atoms with E-state index in [4.69, 9.17) is 0 Å². The number of halogens is 2. The first-order chi connectivity index (χ1) is 12.5. The van der Waals surface area contributed by atoms with Gasteiger partial charge in [-0.2, -0.15) is 0 Å². The number of carbonyl (C=O) groups excluding carboxylic acids is 1. The van der Waals surface area contributed by atoms with Crippen molar-refractivity contribution in [2.45, 2.75) is 13.5 Å². The number of benzene rings is 2. The SMILES string of the molecule is Cc1ccccc1-c1cccc(NC(=O)NCc2c(F)cccc2F)n1. The number of aromatic nitrogens is 1. The first-order valence-corrected chi connectivity index (χ1v) is 8.05. The standard InChI is InChI=1S/C20H17F2N3O/c1-13-6-2-3-7-14(13)18-10-5-11-19(24-18)25-20(26)23-12-15-16(21)8-4-9-17(15)22/h2-11H,12H2,1H3,(H2,23,24,25,26).